The molecule has 126 valence electrons. The number of hydrogen-bond donors (Lipinski definition) is 1. The predicted octanol–water partition coefficient (Wildman–Crippen LogP) is 4.30. The number of carbonyl (C=O) groups is 2. The number of ether oxygens (including phenoxy) is 1. The molecule has 4 heteroatoms. The van der Waals surface area contributed by atoms with Crippen molar-refractivity contribution in [3.8, 4) is 0 Å². The van der Waals surface area contributed by atoms with Crippen molar-refractivity contribution in [2.24, 2.45) is 0 Å². The maximum Gasteiger partial charge on any atom is 0.331 e. The van der Waals surface area contributed by atoms with Crippen molar-refractivity contribution < 1.29 is 14.3 Å². The molecule has 25 heavy (non-hydrogen) atoms. The van der Waals surface area contributed by atoms with E-state index in [1.54, 1.807) is 13.0 Å². The fraction of sp³-hybridized carbons (Fsp3) is 0.143. The molecular weight excluding hydrogens is 314 g/mol. The number of aromatic amines is 1. The summed E-state index contributed by atoms with van der Waals surface area (Å²) < 4.78 is 5.27. The van der Waals surface area contributed by atoms with Crippen LogP contribution >= 0.6 is 0 Å². The molecule has 0 fully saturated rings. The second-order valence-corrected chi connectivity index (χ2v) is 5.86. The molecule has 0 bridgehead atoms. The molecule has 0 saturated heterocycles. The summed E-state index contributed by atoms with van der Waals surface area (Å²) >= 11 is 0. The highest BCUT2D eigenvalue weighted by atomic mass is 16.5. The summed E-state index contributed by atoms with van der Waals surface area (Å²) in [5.41, 5.74) is 3.13. The predicted molar refractivity (Wildman–Crippen MR) is 98.4 cm³/mol. The van der Waals surface area contributed by atoms with E-state index < -0.39 is 12.1 Å². The molecule has 0 unspecified atom stereocenters. The van der Waals surface area contributed by atoms with Crippen molar-refractivity contribution in [2.45, 2.75) is 20.0 Å². The van der Waals surface area contributed by atoms with Crippen LogP contribution in [0.25, 0.3) is 17.0 Å². The second-order valence-electron chi connectivity index (χ2n) is 5.86. The number of carbonyl (C=O) groups excluding carboxylic acids is 2. The summed E-state index contributed by atoms with van der Waals surface area (Å²) in [7, 11) is 0. The van der Waals surface area contributed by atoms with Crippen LogP contribution in [0.3, 0.4) is 0 Å². The number of ketones is 1. The highest BCUT2D eigenvalue weighted by Gasteiger charge is 2.23. The van der Waals surface area contributed by atoms with E-state index in [1.165, 1.54) is 6.08 Å². The van der Waals surface area contributed by atoms with Gasteiger partial charge in [-0.2, -0.15) is 0 Å². The lowest BCUT2D eigenvalue weighted by Crippen LogP contribution is -2.24. The number of hydrogen-bond acceptors (Lipinski definition) is 3. The first kappa shape index (κ1) is 16.7. The molecule has 0 aliphatic heterocycles. The van der Waals surface area contributed by atoms with E-state index >= 15 is 0 Å². The number of fused-ring (bicyclic) bond motifs is 1. The van der Waals surface area contributed by atoms with Crippen molar-refractivity contribution in [1.29, 1.82) is 0 Å². The Labute approximate surface area is 146 Å². The summed E-state index contributed by atoms with van der Waals surface area (Å²) in [6, 6.07) is 17.0. The van der Waals surface area contributed by atoms with Gasteiger partial charge >= 0.3 is 5.97 Å². The van der Waals surface area contributed by atoms with Crippen LogP contribution < -0.4 is 0 Å². The van der Waals surface area contributed by atoms with Crippen LogP contribution in [0.4, 0.5) is 0 Å². The number of H-pyrrole nitrogens is 1. The molecule has 3 rings (SSSR count). The zero-order valence-electron chi connectivity index (χ0n) is 14.2. The van der Waals surface area contributed by atoms with Crippen molar-refractivity contribution >= 4 is 28.7 Å². The average molecular weight is 333 g/mol. The summed E-state index contributed by atoms with van der Waals surface area (Å²) in [6.45, 7) is 3.44. The summed E-state index contributed by atoms with van der Waals surface area (Å²) in [5, 5.41) is 0.840. The Morgan fingerprint density at radius 3 is 2.48 bits per heavy atom. The second kappa shape index (κ2) is 7.18. The molecule has 4 nitrogen and oxygen atoms in total. The molecule has 0 aliphatic carbocycles. The van der Waals surface area contributed by atoms with E-state index in [0.717, 1.165) is 22.2 Å². The highest BCUT2D eigenvalue weighted by Crippen LogP contribution is 2.23. The lowest BCUT2D eigenvalue weighted by Gasteiger charge is -2.11. The van der Waals surface area contributed by atoms with Gasteiger partial charge in [0.15, 0.2) is 6.10 Å². The Kier molecular flexibility index (Phi) is 4.80. The van der Waals surface area contributed by atoms with Crippen LogP contribution in [0, 0.1) is 6.92 Å². The van der Waals surface area contributed by atoms with E-state index in [1.807, 2.05) is 61.5 Å². The fourth-order valence-corrected chi connectivity index (χ4v) is 2.79. The Hall–Kier alpha value is -3.14. The molecule has 0 spiro atoms. The Bertz CT molecular complexity index is 938. The number of benzene rings is 2. The van der Waals surface area contributed by atoms with Gasteiger partial charge in [0.05, 0.1) is 0 Å². The molecular formula is C21H19NO3. The third-order valence-corrected chi connectivity index (χ3v) is 4.01. The monoisotopic (exact) mass is 333 g/mol. The van der Waals surface area contributed by atoms with Gasteiger partial charge in [0.1, 0.15) is 0 Å². The van der Waals surface area contributed by atoms with Crippen LogP contribution in [0.15, 0.2) is 60.7 Å². The Morgan fingerprint density at radius 1 is 1.04 bits per heavy atom. The molecule has 1 atom stereocenters. The molecule has 1 heterocycles. The van der Waals surface area contributed by atoms with E-state index in [9.17, 15) is 9.59 Å². The van der Waals surface area contributed by atoms with Crippen LogP contribution in [-0.2, 0) is 9.53 Å². The van der Waals surface area contributed by atoms with Gasteiger partial charge in [0.25, 0.3) is 0 Å². The van der Waals surface area contributed by atoms with Gasteiger partial charge in [-0.25, -0.2) is 4.79 Å². The fourth-order valence-electron chi connectivity index (χ4n) is 2.79. The highest BCUT2D eigenvalue weighted by molar-refractivity contribution is 6.11. The molecule has 1 aromatic heterocycles. The molecule has 0 aliphatic rings. The molecule has 0 amide bonds. The Morgan fingerprint density at radius 2 is 1.72 bits per heavy atom. The lowest BCUT2D eigenvalue weighted by molar-refractivity contribution is -0.140. The first-order valence-corrected chi connectivity index (χ1v) is 8.11. The number of nitrogens with one attached hydrogen (secondary N) is 1. The van der Waals surface area contributed by atoms with E-state index in [4.69, 9.17) is 4.74 Å². The number of aryl methyl sites for hydroxylation is 1. The molecule has 3 aromatic rings. The Balaban J connectivity index is 1.73. The van der Waals surface area contributed by atoms with Crippen molar-refractivity contribution in [1.82, 2.24) is 4.98 Å². The minimum absolute atomic E-state index is 0.212. The van der Waals surface area contributed by atoms with Gasteiger partial charge in [-0.05, 0) is 31.6 Å². The summed E-state index contributed by atoms with van der Waals surface area (Å²) in [4.78, 5) is 27.9. The van der Waals surface area contributed by atoms with Crippen LogP contribution in [0.1, 0.15) is 28.5 Å². The maximum atomic E-state index is 12.7. The summed E-state index contributed by atoms with van der Waals surface area (Å²) in [5.74, 6) is -0.751. The number of esters is 1. The zero-order valence-corrected chi connectivity index (χ0v) is 14.2. The smallest absolute Gasteiger partial charge is 0.331 e. The van der Waals surface area contributed by atoms with Gasteiger partial charge in [0.2, 0.25) is 5.78 Å². The molecule has 1 N–H and O–H groups in total. The summed E-state index contributed by atoms with van der Waals surface area (Å²) in [6.07, 6.45) is 2.14. The standard InChI is InChI=1S/C21H19NO3/c1-14-20(17-10-6-7-11-18(17)22-14)21(24)15(2)25-19(23)13-12-16-8-4-3-5-9-16/h3-13,15,22H,1-2H3/b13-12+/t15-/m1/s1. The van der Waals surface area contributed by atoms with Gasteiger partial charge in [-0.1, -0.05) is 48.5 Å². The van der Waals surface area contributed by atoms with Gasteiger partial charge < -0.3 is 9.72 Å². The van der Waals surface area contributed by atoms with Crippen molar-refractivity contribution in [3.63, 3.8) is 0 Å². The molecule has 2 aromatic carbocycles. The number of para-hydroxylation sites is 1. The van der Waals surface area contributed by atoms with Crippen molar-refractivity contribution in [3.05, 3.63) is 77.5 Å². The minimum atomic E-state index is -0.856. The van der Waals surface area contributed by atoms with Crippen LogP contribution in [0.5, 0.6) is 0 Å². The lowest BCUT2D eigenvalue weighted by atomic mass is 10.0. The average Bonchev–Trinajstić information content (AvgIpc) is 2.96. The minimum Gasteiger partial charge on any atom is -0.451 e. The normalized spacial score (nSPS) is 12.4. The van der Waals surface area contributed by atoms with Gasteiger partial charge in [-0.15, -0.1) is 0 Å². The van der Waals surface area contributed by atoms with E-state index in [-0.39, 0.29) is 5.78 Å². The third-order valence-electron chi connectivity index (χ3n) is 4.01. The van der Waals surface area contributed by atoms with Crippen molar-refractivity contribution in [2.75, 3.05) is 0 Å². The zero-order chi connectivity index (χ0) is 17.8. The van der Waals surface area contributed by atoms with E-state index in [0.29, 0.717) is 5.56 Å². The topological polar surface area (TPSA) is 59.2 Å². The number of aromatic nitrogens is 1. The van der Waals surface area contributed by atoms with E-state index in [2.05, 4.69) is 4.98 Å². The molecule has 0 saturated carbocycles. The SMILES string of the molecule is Cc1[nH]c2ccccc2c1C(=O)[C@@H](C)OC(=O)/C=C/c1ccccc1. The first-order valence-electron chi connectivity index (χ1n) is 8.11. The quantitative estimate of drug-likeness (QED) is 0.430. The largest absolute Gasteiger partial charge is 0.451 e. The third kappa shape index (κ3) is 3.69. The first-order chi connectivity index (χ1) is 12.1. The van der Waals surface area contributed by atoms with Gasteiger partial charge in [-0.3, -0.25) is 4.79 Å². The maximum absolute atomic E-state index is 12.7. The van der Waals surface area contributed by atoms with Crippen LogP contribution in [0.2, 0.25) is 0 Å². The van der Waals surface area contributed by atoms with Crippen LogP contribution in [-0.4, -0.2) is 22.8 Å². The number of rotatable bonds is 5. The number of Topliss-reactive ketones (excluding diaryl/α,β-unsaturated/α-hetero) is 1. The van der Waals surface area contributed by atoms with Gasteiger partial charge in [0, 0.05) is 28.2 Å². The molecule has 0 radical (unpaired) electrons.